The van der Waals surface area contributed by atoms with Crippen molar-refractivity contribution < 1.29 is 0 Å². The SMILES string of the molecule is CSc1nn(-c2ccncn2)c(N)c1C#N. The predicted octanol–water partition coefficient (Wildman–Crippen LogP) is 0.838. The lowest BCUT2D eigenvalue weighted by atomic mass is 10.4. The zero-order chi connectivity index (χ0) is 11.5. The van der Waals surface area contributed by atoms with Crippen molar-refractivity contribution in [2.24, 2.45) is 0 Å². The fraction of sp³-hybridized carbons (Fsp3) is 0.111. The molecular weight excluding hydrogens is 224 g/mol. The third kappa shape index (κ3) is 1.59. The van der Waals surface area contributed by atoms with Crippen LogP contribution in [0.15, 0.2) is 23.6 Å². The van der Waals surface area contributed by atoms with Gasteiger partial charge in [0.2, 0.25) is 0 Å². The summed E-state index contributed by atoms with van der Waals surface area (Å²) in [5.41, 5.74) is 6.21. The van der Waals surface area contributed by atoms with Crippen molar-refractivity contribution in [3.8, 4) is 11.9 Å². The van der Waals surface area contributed by atoms with Gasteiger partial charge < -0.3 is 5.73 Å². The maximum atomic E-state index is 8.96. The van der Waals surface area contributed by atoms with E-state index in [4.69, 9.17) is 11.0 Å². The number of hydrogen-bond acceptors (Lipinski definition) is 6. The Hall–Kier alpha value is -2.07. The molecule has 0 aromatic carbocycles. The first-order valence-corrected chi connectivity index (χ1v) is 5.59. The van der Waals surface area contributed by atoms with E-state index in [1.54, 1.807) is 12.3 Å². The number of rotatable bonds is 2. The smallest absolute Gasteiger partial charge is 0.159 e. The highest BCUT2D eigenvalue weighted by molar-refractivity contribution is 7.98. The first-order valence-electron chi connectivity index (χ1n) is 4.37. The highest BCUT2D eigenvalue weighted by Crippen LogP contribution is 2.25. The molecule has 0 aliphatic carbocycles. The third-order valence-electron chi connectivity index (χ3n) is 1.98. The molecule has 0 bridgehead atoms. The molecule has 16 heavy (non-hydrogen) atoms. The van der Waals surface area contributed by atoms with Crippen LogP contribution in [-0.4, -0.2) is 26.0 Å². The maximum Gasteiger partial charge on any atom is 0.159 e. The molecule has 7 heteroatoms. The quantitative estimate of drug-likeness (QED) is 0.771. The van der Waals surface area contributed by atoms with Crippen molar-refractivity contribution in [3.63, 3.8) is 0 Å². The number of thioether (sulfide) groups is 1. The molecule has 2 aromatic heterocycles. The molecule has 2 rings (SSSR count). The standard InChI is InChI=1S/C9H8N6S/c1-16-9-6(4-10)8(11)15(14-9)7-2-3-12-5-13-7/h2-3,5H,11H2,1H3. The van der Waals surface area contributed by atoms with Gasteiger partial charge in [-0.15, -0.1) is 11.8 Å². The highest BCUT2D eigenvalue weighted by Gasteiger charge is 2.15. The minimum atomic E-state index is 0.297. The minimum absolute atomic E-state index is 0.297. The van der Waals surface area contributed by atoms with Crippen molar-refractivity contribution >= 4 is 17.6 Å². The van der Waals surface area contributed by atoms with E-state index in [0.717, 1.165) is 0 Å². The Balaban J connectivity index is 2.60. The van der Waals surface area contributed by atoms with E-state index in [0.29, 0.717) is 22.2 Å². The molecule has 80 valence electrons. The first-order chi connectivity index (χ1) is 7.77. The number of nitrogens with zero attached hydrogens (tertiary/aromatic N) is 5. The number of aromatic nitrogens is 4. The average Bonchev–Trinajstić information content (AvgIpc) is 2.66. The van der Waals surface area contributed by atoms with Gasteiger partial charge in [-0.05, 0) is 6.26 Å². The summed E-state index contributed by atoms with van der Waals surface area (Å²) >= 11 is 1.37. The first kappa shape index (κ1) is 10.4. The molecule has 0 aliphatic heterocycles. The van der Waals surface area contributed by atoms with Crippen LogP contribution in [-0.2, 0) is 0 Å². The molecule has 0 radical (unpaired) electrons. The fourth-order valence-electron chi connectivity index (χ4n) is 1.24. The molecule has 0 saturated carbocycles. The van der Waals surface area contributed by atoms with E-state index in [-0.39, 0.29) is 0 Å². The molecule has 0 unspecified atom stereocenters. The van der Waals surface area contributed by atoms with Gasteiger partial charge in [0, 0.05) is 12.3 Å². The Morgan fingerprint density at radius 1 is 1.56 bits per heavy atom. The molecule has 6 nitrogen and oxygen atoms in total. The van der Waals surface area contributed by atoms with E-state index >= 15 is 0 Å². The molecule has 0 fully saturated rings. The van der Waals surface area contributed by atoms with E-state index in [2.05, 4.69) is 15.1 Å². The number of hydrogen-bond donors (Lipinski definition) is 1. The fourth-order valence-corrected chi connectivity index (χ4v) is 1.76. The summed E-state index contributed by atoms with van der Waals surface area (Å²) in [5.74, 6) is 0.842. The summed E-state index contributed by atoms with van der Waals surface area (Å²) in [4.78, 5) is 7.83. The van der Waals surface area contributed by atoms with Gasteiger partial charge in [-0.2, -0.15) is 15.0 Å². The van der Waals surface area contributed by atoms with Gasteiger partial charge in [0.15, 0.2) is 5.82 Å². The van der Waals surface area contributed by atoms with Gasteiger partial charge >= 0.3 is 0 Å². The summed E-state index contributed by atoms with van der Waals surface area (Å²) in [5, 5.41) is 13.8. The summed E-state index contributed by atoms with van der Waals surface area (Å²) in [7, 11) is 0. The summed E-state index contributed by atoms with van der Waals surface area (Å²) in [6.45, 7) is 0. The summed E-state index contributed by atoms with van der Waals surface area (Å²) in [6, 6.07) is 3.71. The van der Waals surface area contributed by atoms with Crippen molar-refractivity contribution in [2.75, 3.05) is 12.0 Å². The van der Waals surface area contributed by atoms with Crippen LogP contribution in [0.1, 0.15) is 5.56 Å². The minimum Gasteiger partial charge on any atom is -0.382 e. The van der Waals surface area contributed by atoms with Crippen molar-refractivity contribution in [2.45, 2.75) is 5.03 Å². The number of nitrogens with two attached hydrogens (primary N) is 1. The molecule has 0 aliphatic rings. The lowest BCUT2D eigenvalue weighted by Crippen LogP contribution is -2.04. The van der Waals surface area contributed by atoms with Crippen molar-refractivity contribution in [1.29, 1.82) is 5.26 Å². The number of nitrogen functional groups attached to an aromatic ring is 1. The van der Waals surface area contributed by atoms with Crippen LogP contribution in [0.4, 0.5) is 5.82 Å². The van der Waals surface area contributed by atoms with Crippen LogP contribution in [0.2, 0.25) is 0 Å². The molecule has 0 amide bonds. The van der Waals surface area contributed by atoms with Crippen LogP contribution in [0.25, 0.3) is 5.82 Å². The summed E-state index contributed by atoms with van der Waals surface area (Å²) < 4.78 is 1.44. The monoisotopic (exact) mass is 232 g/mol. The van der Waals surface area contributed by atoms with Gasteiger partial charge in [0.25, 0.3) is 0 Å². The molecule has 0 atom stereocenters. The van der Waals surface area contributed by atoms with Gasteiger partial charge in [-0.25, -0.2) is 9.97 Å². The molecule has 2 N–H and O–H groups in total. The zero-order valence-electron chi connectivity index (χ0n) is 8.45. The third-order valence-corrected chi connectivity index (χ3v) is 2.65. The second-order valence-electron chi connectivity index (χ2n) is 2.86. The highest BCUT2D eigenvalue weighted by atomic mass is 32.2. The van der Waals surface area contributed by atoms with E-state index in [1.165, 1.54) is 22.8 Å². The number of anilines is 1. The van der Waals surface area contributed by atoms with Crippen LogP contribution in [0.3, 0.4) is 0 Å². The van der Waals surface area contributed by atoms with Crippen molar-refractivity contribution in [1.82, 2.24) is 19.7 Å². The van der Waals surface area contributed by atoms with E-state index in [1.807, 2.05) is 12.3 Å². The predicted molar refractivity (Wildman–Crippen MR) is 60.1 cm³/mol. The Morgan fingerprint density at radius 2 is 2.38 bits per heavy atom. The van der Waals surface area contributed by atoms with Crippen LogP contribution < -0.4 is 5.73 Å². The summed E-state index contributed by atoms with van der Waals surface area (Å²) in [6.07, 6.45) is 4.84. The Labute approximate surface area is 96.1 Å². The molecule has 0 spiro atoms. The van der Waals surface area contributed by atoms with Crippen molar-refractivity contribution in [3.05, 3.63) is 24.2 Å². The van der Waals surface area contributed by atoms with Gasteiger partial charge in [-0.3, -0.25) is 0 Å². The molecule has 0 saturated heterocycles. The van der Waals surface area contributed by atoms with E-state index < -0.39 is 0 Å². The topological polar surface area (TPSA) is 93.4 Å². The Bertz CT molecular complexity index is 541. The largest absolute Gasteiger partial charge is 0.382 e. The Kier molecular flexibility index (Phi) is 2.74. The zero-order valence-corrected chi connectivity index (χ0v) is 9.27. The maximum absolute atomic E-state index is 8.96. The number of nitriles is 1. The van der Waals surface area contributed by atoms with Crippen LogP contribution in [0, 0.1) is 11.3 Å². The Morgan fingerprint density at radius 3 is 2.88 bits per heavy atom. The average molecular weight is 232 g/mol. The second-order valence-corrected chi connectivity index (χ2v) is 3.66. The van der Waals surface area contributed by atoms with Gasteiger partial charge in [-0.1, -0.05) is 0 Å². The lowest BCUT2D eigenvalue weighted by Gasteiger charge is -2.00. The molecular formula is C9H8N6S. The molecule has 2 heterocycles. The lowest BCUT2D eigenvalue weighted by molar-refractivity contribution is 0.813. The van der Waals surface area contributed by atoms with Crippen LogP contribution in [0.5, 0.6) is 0 Å². The van der Waals surface area contributed by atoms with Crippen LogP contribution >= 0.6 is 11.8 Å². The van der Waals surface area contributed by atoms with Gasteiger partial charge in [0.1, 0.15) is 28.8 Å². The normalized spacial score (nSPS) is 10.0. The van der Waals surface area contributed by atoms with Gasteiger partial charge in [0.05, 0.1) is 0 Å². The molecule has 2 aromatic rings. The second kappa shape index (κ2) is 4.20. The van der Waals surface area contributed by atoms with E-state index in [9.17, 15) is 0 Å².